The van der Waals surface area contributed by atoms with Crippen LogP contribution in [0.2, 0.25) is 0 Å². The summed E-state index contributed by atoms with van der Waals surface area (Å²) in [7, 11) is 1.71. The van der Waals surface area contributed by atoms with Gasteiger partial charge in [-0.1, -0.05) is 20.8 Å². The number of hydrogen-bond donors (Lipinski definition) is 2. The number of aryl methyl sites for hydroxylation is 1. The molecule has 2 aliphatic rings. The maximum Gasteiger partial charge on any atom is 0.253 e. The number of Topliss-reactive ketones (excluding diaryl/α,β-unsaturated/α-hetero) is 1. The maximum absolute atomic E-state index is 15.2. The zero-order chi connectivity index (χ0) is 23.9. The maximum atomic E-state index is 15.2. The normalized spacial score (nSPS) is 22.2. The molecule has 0 spiro atoms. The smallest absolute Gasteiger partial charge is 0.253 e. The number of amides is 1. The summed E-state index contributed by atoms with van der Waals surface area (Å²) < 4.78 is 22.3. The highest BCUT2D eigenvalue weighted by Gasteiger charge is 2.36. The van der Waals surface area contributed by atoms with E-state index in [0.717, 1.165) is 37.1 Å². The number of rotatable bonds is 6. The lowest BCUT2D eigenvalue weighted by Gasteiger charge is -2.30. The number of nitrogens with two attached hydrogens (primary N) is 1. The number of fused-ring (bicyclic) bond motifs is 1. The van der Waals surface area contributed by atoms with Crippen LogP contribution in [0.1, 0.15) is 85.0 Å². The molecule has 2 aromatic rings. The minimum absolute atomic E-state index is 0.0758. The van der Waals surface area contributed by atoms with Crippen LogP contribution >= 0.6 is 0 Å². The molecule has 33 heavy (non-hydrogen) atoms. The molecule has 7 nitrogen and oxygen atoms in total. The van der Waals surface area contributed by atoms with Gasteiger partial charge in [-0.3, -0.25) is 9.59 Å². The van der Waals surface area contributed by atoms with Crippen LogP contribution in [-0.2, 0) is 17.6 Å². The number of ether oxygens (including phenoxy) is 1. The number of nitrogens with one attached hydrogen (secondary N) is 1. The summed E-state index contributed by atoms with van der Waals surface area (Å²) in [5, 5.41) is 8.04. The Labute approximate surface area is 193 Å². The lowest BCUT2D eigenvalue weighted by molar-refractivity contribution is 0.0681. The molecular formula is C25H33FN4O3. The largest absolute Gasteiger partial charge is 0.382 e. The quantitative estimate of drug-likeness (QED) is 0.679. The van der Waals surface area contributed by atoms with E-state index < -0.39 is 11.7 Å². The number of halogens is 1. The van der Waals surface area contributed by atoms with Crippen molar-refractivity contribution in [3.63, 3.8) is 0 Å². The third-order valence-corrected chi connectivity index (χ3v) is 6.89. The number of ketones is 1. The van der Waals surface area contributed by atoms with Crippen molar-refractivity contribution in [1.29, 1.82) is 0 Å². The van der Waals surface area contributed by atoms with Crippen LogP contribution in [0.4, 0.5) is 10.1 Å². The van der Waals surface area contributed by atoms with Crippen molar-refractivity contribution in [2.45, 2.75) is 77.9 Å². The van der Waals surface area contributed by atoms with Crippen molar-refractivity contribution in [3.8, 4) is 5.69 Å². The molecule has 0 bridgehead atoms. The Bertz CT molecular complexity index is 1080. The van der Waals surface area contributed by atoms with E-state index in [2.05, 4.69) is 24.3 Å². The summed E-state index contributed by atoms with van der Waals surface area (Å²) in [4.78, 5) is 25.0. The average Bonchev–Trinajstić information content (AvgIpc) is 3.11. The predicted molar refractivity (Wildman–Crippen MR) is 125 cm³/mol. The van der Waals surface area contributed by atoms with Gasteiger partial charge in [-0.25, -0.2) is 9.07 Å². The fourth-order valence-electron chi connectivity index (χ4n) is 5.23. The summed E-state index contributed by atoms with van der Waals surface area (Å²) in [6.45, 7) is 6.06. The Hall–Kier alpha value is -2.74. The van der Waals surface area contributed by atoms with E-state index in [-0.39, 0.29) is 28.9 Å². The van der Waals surface area contributed by atoms with Crippen molar-refractivity contribution in [1.82, 2.24) is 9.78 Å². The minimum atomic E-state index is -0.819. The molecule has 0 radical (unpaired) electrons. The van der Waals surface area contributed by atoms with Crippen LogP contribution in [0.25, 0.3) is 5.69 Å². The Morgan fingerprint density at radius 1 is 1.27 bits per heavy atom. The van der Waals surface area contributed by atoms with E-state index >= 15 is 4.39 Å². The van der Waals surface area contributed by atoms with Gasteiger partial charge in [0, 0.05) is 25.6 Å². The molecule has 178 valence electrons. The van der Waals surface area contributed by atoms with Crippen molar-refractivity contribution in [2.24, 2.45) is 11.1 Å². The molecule has 3 N–H and O–H groups in total. The van der Waals surface area contributed by atoms with E-state index in [4.69, 9.17) is 10.5 Å². The van der Waals surface area contributed by atoms with E-state index in [1.165, 1.54) is 6.07 Å². The molecule has 8 heteroatoms. The standard InChI is InChI=1S/C25H33FN4O3/c1-5-18-23-20(12-25(2,3)13-21(23)31)30(29-18)15-10-17(26)22(24(27)32)19(11-15)28-14-6-8-16(33-4)9-7-14/h10-11,14,16,28H,5-9,12-13H2,1-4H3,(H2,27,32)/t14-,16-. The Morgan fingerprint density at radius 3 is 2.58 bits per heavy atom. The molecule has 1 aromatic carbocycles. The summed E-state index contributed by atoms with van der Waals surface area (Å²) in [6.07, 6.45) is 5.44. The SMILES string of the molecule is CCc1nn(-c2cc(F)c(C(N)=O)c(N[C@H]3CC[C@H](OC)CC3)c2)c2c1C(=O)CC(C)(C)C2. The van der Waals surface area contributed by atoms with Gasteiger partial charge in [0.2, 0.25) is 0 Å². The highest BCUT2D eigenvalue weighted by atomic mass is 19.1. The molecule has 2 aliphatic carbocycles. The monoisotopic (exact) mass is 456 g/mol. The van der Waals surface area contributed by atoms with Crippen molar-refractivity contribution in [2.75, 3.05) is 12.4 Å². The number of aromatic nitrogens is 2. The molecule has 1 heterocycles. The van der Waals surface area contributed by atoms with Gasteiger partial charge in [0.25, 0.3) is 5.91 Å². The van der Waals surface area contributed by atoms with Gasteiger partial charge in [-0.2, -0.15) is 5.10 Å². The fourth-order valence-corrected chi connectivity index (χ4v) is 5.23. The lowest BCUT2D eigenvalue weighted by Crippen LogP contribution is -2.30. The summed E-state index contributed by atoms with van der Waals surface area (Å²) in [5.41, 5.74) is 8.19. The summed E-state index contributed by atoms with van der Waals surface area (Å²) >= 11 is 0. The Balaban J connectivity index is 1.77. The highest BCUT2D eigenvalue weighted by molar-refractivity contribution is 6.00. The first-order valence-corrected chi connectivity index (χ1v) is 11.7. The number of carbonyl (C=O) groups excluding carboxylic acids is 2. The molecule has 0 aliphatic heterocycles. The number of hydrogen-bond acceptors (Lipinski definition) is 5. The van der Waals surface area contributed by atoms with Gasteiger partial charge in [-0.05, 0) is 50.0 Å². The molecule has 0 atom stereocenters. The Morgan fingerprint density at radius 2 is 1.97 bits per heavy atom. The number of nitrogens with zero attached hydrogens (tertiary/aromatic N) is 2. The number of methoxy groups -OCH3 is 1. The second-order valence-electron chi connectivity index (χ2n) is 10.0. The van der Waals surface area contributed by atoms with Crippen molar-refractivity contribution < 1.29 is 18.7 Å². The van der Waals surface area contributed by atoms with Crippen molar-refractivity contribution in [3.05, 3.63) is 40.5 Å². The first-order valence-electron chi connectivity index (χ1n) is 11.7. The number of primary amides is 1. The average molecular weight is 457 g/mol. The second-order valence-corrected chi connectivity index (χ2v) is 10.0. The van der Waals surface area contributed by atoms with Gasteiger partial charge >= 0.3 is 0 Å². The molecular weight excluding hydrogens is 423 g/mol. The van der Waals surface area contributed by atoms with E-state index in [1.54, 1.807) is 17.9 Å². The van der Waals surface area contributed by atoms with Crippen LogP contribution < -0.4 is 11.1 Å². The van der Waals surface area contributed by atoms with E-state index in [9.17, 15) is 9.59 Å². The molecule has 1 amide bonds. The molecule has 0 unspecified atom stereocenters. The van der Waals surface area contributed by atoms with Gasteiger partial charge in [0.1, 0.15) is 5.82 Å². The first kappa shape index (κ1) is 23.4. The first-order chi connectivity index (χ1) is 15.6. The minimum Gasteiger partial charge on any atom is -0.382 e. The van der Waals surface area contributed by atoms with Gasteiger partial charge in [0.05, 0.1) is 40.0 Å². The van der Waals surface area contributed by atoms with E-state index in [1.807, 2.05) is 6.92 Å². The summed E-state index contributed by atoms with van der Waals surface area (Å²) in [5.74, 6) is -1.44. The van der Waals surface area contributed by atoms with Crippen LogP contribution in [-0.4, -0.2) is 40.7 Å². The lowest BCUT2D eigenvalue weighted by atomic mass is 9.75. The van der Waals surface area contributed by atoms with Gasteiger partial charge in [-0.15, -0.1) is 0 Å². The van der Waals surface area contributed by atoms with Gasteiger partial charge < -0.3 is 15.8 Å². The number of benzene rings is 1. The fraction of sp³-hybridized carbons (Fsp3) is 0.560. The molecule has 1 fully saturated rings. The number of anilines is 1. The number of carbonyl (C=O) groups is 2. The van der Waals surface area contributed by atoms with Gasteiger partial charge in [0.15, 0.2) is 5.78 Å². The summed E-state index contributed by atoms with van der Waals surface area (Å²) in [6, 6.07) is 3.10. The zero-order valence-electron chi connectivity index (χ0n) is 19.8. The van der Waals surface area contributed by atoms with Crippen molar-refractivity contribution >= 4 is 17.4 Å². The van der Waals surface area contributed by atoms with Crippen LogP contribution in [0.3, 0.4) is 0 Å². The third-order valence-electron chi connectivity index (χ3n) is 6.89. The third kappa shape index (κ3) is 4.53. The second kappa shape index (κ2) is 8.89. The van der Waals surface area contributed by atoms with Crippen LogP contribution in [0, 0.1) is 11.2 Å². The topological polar surface area (TPSA) is 99.2 Å². The predicted octanol–water partition coefficient (Wildman–Crippen LogP) is 4.20. The Kier molecular flexibility index (Phi) is 6.31. The molecule has 0 saturated heterocycles. The van der Waals surface area contributed by atoms with Crippen LogP contribution in [0.5, 0.6) is 0 Å². The molecule has 4 rings (SSSR count). The van der Waals surface area contributed by atoms with Crippen LogP contribution in [0.15, 0.2) is 12.1 Å². The highest BCUT2D eigenvalue weighted by Crippen LogP contribution is 2.38. The molecule has 1 saturated carbocycles. The van der Waals surface area contributed by atoms with E-state index in [0.29, 0.717) is 36.2 Å². The zero-order valence-corrected chi connectivity index (χ0v) is 19.8. The molecule has 1 aromatic heterocycles.